The molecule has 0 saturated carbocycles. The van der Waals surface area contributed by atoms with Crippen LogP contribution in [0.2, 0.25) is 0 Å². The van der Waals surface area contributed by atoms with Crippen molar-refractivity contribution in [2.45, 2.75) is 127 Å². The maximum Gasteiger partial charge on any atom is 0.243 e. The van der Waals surface area contributed by atoms with Crippen molar-refractivity contribution in [1.29, 1.82) is 0 Å². The standard InChI is InChI=1S/C45H69N13O8/c1-3-27(2)37(43(65)53-31(19-12-22-52-45(50)51)39(61)54-32(38(49)60)24-28-14-6-4-7-15-28)57-41(63)33(25-29-16-8-5-9-17-29)55-40(62)34(26-36(48)59)56-42(64)35-20-13-23-58(35)44(66)30(47)18-10-11-21-46/h4-9,14-17,27,30-35,37H,3,10-13,18-26,46-47H2,1-2H3,(H2,48,59)(H2,49,60)(H,53,65)(H,54,61)(H,55,62)(H,56,64)(H,57,63)(H4,50,51,52)/t27-,30-,31-,32-,33-,34-,35+,37+/m0/s1. The molecule has 0 spiro atoms. The highest BCUT2D eigenvalue weighted by Crippen LogP contribution is 2.20. The largest absolute Gasteiger partial charge is 0.370 e. The summed E-state index contributed by atoms with van der Waals surface area (Å²) in [6.07, 6.45) is 2.50. The average Bonchev–Trinajstić information content (AvgIpc) is 3.78. The number of benzene rings is 2. The molecule has 1 aliphatic rings. The topological polar surface area (TPSA) is 368 Å². The van der Waals surface area contributed by atoms with E-state index >= 15 is 0 Å². The van der Waals surface area contributed by atoms with Gasteiger partial charge in [-0.25, -0.2) is 0 Å². The van der Waals surface area contributed by atoms with Crippen molar-refractivity contribution in [2.75, 3.05) is 19.6 Å². The van der Waals surface area contributed by atoms with Gasteiger partial charge in [-0.1, -0.05) is 87.4 Å². The van der Waals surface area contributed by atoms with E-state index in [-0.39, 0.29) is 51.2 Å². The van der Waals surface area contributed by atoms with E-state index in [0.29, 0.717) is 44.2 Å². The Hall–Kier alpha value is -6.61. The van der Waals surface area contributed by atoms with E-state index in [1.165, 1.54) is 4.90 Å². The van der Waals surface area contributed by atoms with Gasteiger partial charge in [-0.05, 0) is 62.1 Å². The average molecular weight is 920 g/mol. The van der Waals surface area contributed by atoms with Crippen LogP contribution in [-0.4, -0.2) is 120 Å². The monoisotopic (exact) mass is 920 g/mol. The maximum absolute atomic E-state index is 14.3. The number of guanidine groups is 1. The Morgan fingerprint density at radius 2 is 1.26 bits per heavy atom. The molecule has 0 bridgehead atoms. The molecule has 1 saturated heterocycles. The van der Waals surface area contributed by atoms with Crippen LogP contribution in [-0.2, 0) is 51.2 Å². The molecular formula is C45H69N13O8. The molecule has 0 radical (unpaired) electrons. The Morgan fingerprint density at radius 3 is 1.82 bits per heavy atom. The summed E-state index contributed by atoms with van der Waals surface area (Å²) in [4.78, 5) is 113. The van der Waals surface area contributed by atoms with Crippen LogP contribution in [0.15, 0.2) is 65.7 Å². The first-order valence-corrected chi connectivity index (χ1v) is 22.4. The number of aliphatic imine (C=N–C) groups is 1. The van der Waals surface area contributed by atoms with Crippen LogP contribution < -0.4 is 61.0 Å². The number of rotatable bonds is 28. The van der Waals surface area contributed by atoms with Crippen LogP contribution in [0.3, 0.4) is 0 Å². The summed E-state index contributed by atoms with van der Waals surface area (Å²) in [7, 11) is 0. The molecule has 8 amide bonds. The van der Waals surface area contributed by atoms with Crippen LogP contribution in [0.5, 0.6) is 0 Å². The summed E-state index contributed by atoms with van der Waals surface area (Å²) in [5, 5.41) is 13.3. The fraction of sp³-hybridized carbons (Fsp3) is 0.533. The van der Waals surface area contributed by atoms with Crippen molar-refractivity contribution in [1.82, 2.24) is 31.5 Å². The van der Waals surface area contributed by atoms with E-state index in [0.717, 1.165) is 5.56 Å². The molecule has 3 rings (SSSR count). The second-order valence-electron chi connectivity index (χ2n) is 16.6. The fourth-order valence-electron chi connectivity index (χ4n) is 7.49. The Balaban J connectivity index is 1.87. The molecule has 0 unspecified atom stereocenters. The van der Waals surface area contributed by atoms with Crippen molar-refractivity contribution in [3.63, 3.8) is 0 Å². The van der Waals surface area contributed by atoms with Crippen molar-refractivity contribution in [3.05, 3.63) is 71.8 Å². The number of nitrogens with zero attached hydrogens (tertiary/aromatic N) is 2. The Bertz CT molecular complexity index is 1970. The number of carbonyl (C=O) groups excluding carboxylic acids is 8. The number of nitrogens with one attached hydrogen (secondary N) is 5. The second kappa shape index (κ2) is 27.7. The predicted octanol–water partition coefficient (Wildman–Crippen LogP) is -2.20. The molecule has 17 N–H and O–H groups in total. The van der Waals surface area contributed by atoms with E-state index < -0.39 is 102 Å². The zero-order valence-corrected chi connectivity index (χ0v) is 37.9. The van der Waals surface area contributed by atoms with Gasteiger partial charge in [-0.15, -0.1) is 0 Å². The summed E-state index contributed by atoms with van der Waals surface area (Å²) >= 11 is 0. The predicted molar refractivity (Wildman–Crippen MR) is 248 cm³/mol. The molecule has 2 aromatic carbocycles. The summed E-state index contributed by atoms with van der Waals surface area (Å²) in [6, 6.07) is 9.23. The lowest BCUT2D eigenvalue weighted by molar-refractivity contribution is -0.141. The first-order valence-electron chi connectivity index (χ1n) is 22.4. The summed E-state index contributed by atoms with van der Waals surface area (Å²) in [5.41, 5.74) is 35.3. The minimum Gasteiger partial charge on any atom is -0.370 e. The van der Waals surface area contributed by atoms with Gasteiger partial charge in [0, 0.05) is 25.9 Å². The first-order chi connectivity index (χ1) is 31.4. The zero-order valence-electron chi connectivity index (χ0n) is 37.9. The van der Waals surface area contributed by atoms with Crippen LogP contribution in [0.25, 0.3) is 0 Å². The van der Waals surface area contributed by atoms with Gasteiger partial charge >= 0.3 is 0 Å². The number of hydrogen-bond donors (Lipinski definition) is 11. The van der Waals surface area contributed by atoms with E-state index in [2.05, 4.69) is 31.6 Å². The van der Waals surface area contributed by atoms with Crippen molar-refractivity contribution < 1.29 is 38.4 Å². The highest BCUT2D eigenvalue weighted by Gasteiger charge is 2.39. The number of amides is 8. The van der Waals surface area contributed by atoms with Crippen LogP contribution in [0.4, 0.5) is 0 Å². The van der Waals surface area contributed by atoms with Gasteiger partial charge < -0.3 is 65.9 Å². The number of likely N-dealkylation sites (tertiary alicyclic amines) is 1. The highest BCUT2D eigenvalue weighted by atomic mass is 16.2. The minimum atomic E-state index is -1.55. The van der Waals surface area contributed by atoms with E-state index in [4.69, 9.17) is 34.4 Å². The number of primary amides is 2. The second-order valence-corrected chi connectivity index (χ2v) is 16.6. The summed E-state index contributed by atoms with van der Waals surface area (Å²) in [6.45, 7) is 4.35. The smallest absolute Gasteiger partial charge is 0.243 e. The minimum absolute atomic E-state index is 0.0282. The highest BCUT2D eigenvalue weighted by molar-refractivity contribution is 5.98. The van der Waals surface area contributed by atoms with Crippen LogP contribution in [0, 0.1) is 5.92 Å². The summed E-state index contributed by atoms with van der Waals surface area (Å²) in [5.74, 6) is -6.69. The molecule has 0 aromatic heterocycles. The van der Waals surface area contributed by atoms with Crippen molar-refractivity contribution >= 4 is 53.2 Å². The van der Waals surface area contributed by atoms with Gasteiger partial charge in [0.1, 0.15) is 36.3 Å². The zero-order chi connectivity index (χ0) is 48.8. The van der Waals surface area contributed by atoms with Gasteiger partial charge in [0.15, 0.2) is 5.96 Å². The van der Waals surface area contributed by atoms with Gasteiger partial charge in [0.25, 0.3) is 0 Å². The van der Waals surface area contributed by atoms with Crippen LogP contribution in [0.1, 0.15) is 82.8 Å². The van der Waals surface area contributed by atoms with Crippen molar-refractivity contribution in [2.24, 2.45) is 45.3 Å². The van der Waals surface area contributed by atoms with Gasteiger partial charge in [0.2, 0.25) is 47.3 Å². The molecule has 1 fully saturated rings. The van der Waals surface area contributed by atoms with E-state index in [9.17, 15) is 38.4 Å². The molecule has 8 atom stereocenters. The number of nitrogens with two attached hydrogens (primary N) is 6. The molecule has 362 valence electrons. The number of unbranched alkanes of at least 4 members (excludes halogenated alkanes) is 1. The van der Waals surface area contributed by atoms with E-state index in [1.54, 1.807) is 74.5 Å². The molecule has 1 heterocycles. The third kappa shape index (κ3) is 17.8. The Morgan fingerprint density at radius 1 is 0.697 bits per heavy atom. The SMILES string of the molecule is CC[C@H](C)[C@@H](NC(=O)[C@H](Cc1ccccc1)NC(=O)[C@H](CC(N)=O)NC(=O)[C@H]1CCCN1C(=O)[C@@H](N)CCCCN)C(=O)N[C@@H](CCCN=C(N)N)C(=O)N[C@@H](Cc1ccccc1)C(N)=O. The lowest BCUT2D eigenvalue weighted by atomic mass is 9.96. The molecule has 2 aromatic rings. The molecule has 0 aliphatic carbocycles. The molecule has 1 aliphatic heterocycles. The quantitative estimate of drug-likeness (QED) is 0.0246. The Labute approximate surface area is 385 Å². The van der Waals surface area contributed by atoms with Gasteiger partial charge in [-0.3, -0.25) is 43.3 Å². The lowest BCUT2D eigenvalue weighted by Gasteiger charge is -2.30. The molecule has 21 heteroatoms. The van der Waals surface area contributed by atoms with E-state index in [1.807, 2.05) is 0 Å². The fourth-order valence-corrected chi connectivity index (χ4v) is 7.49. The molecular weight excluding hydrogens is 851 g/mol. The van der Waals surface area contributed by atoms with Crippen molar-refractivity contribution in [3.8, 4) is 0 Å². The number of carbonyl (C=O) groups is 8. The van der Waals surface area contributed by atoms with Crippen LogP contribution >= 0.6 is 0 Å². The number of hydrogen-bond acceptors (Lipinski definition) is 11. The lowest BCUT2D eigenvalue weighted by Crippen LogP contribution is -2.61. The van der Waals surface area contributed by atoms with Gasteiger partial charge in [0.05, 0.1) is 12.5 Å². The van der Waals surface area contributed by atoms with Gasteiger partial charge in [-0.2, -0.15) is 0 Å². The third-order valence-electron chi connectivity index (χ3n) is 11.4. The molecule has 66 heavy (non-hydrogen) atoms. The maximum atomic E-state index is 14.3. The Kier molecular flexibility index (Phi) is 22.5. The third-order valence-corrected chi connectivity index (χ3v) is 11.4. The molecule has 21 nitrogen and oxygen atoms in total. The summed E-state index contributed by atoms with van der Waals surface area (Å²) < 4.78 is 0. The first kappa shape index (κ1) is 53.7. The normalized spacial score (nSPS) is 16.5.